The molecule has 0 bridgehead atoms. The first-order valence-electron chi connectivity index (χ1n) is 5.54. The summed E-state index contributed by atoms with van der Waals surface area (Å²) in [6, 6.07) is 8.38. The summed E-state index contributed by atoms with van der Waals surface area (Å²) >= 11 is 0. The SMILES string of the molecule is CNC(Cc1ccccc1OC)C(C)OC. The van der Waals surface area contributed by atoms with Crippen molar-refractivity contribution in [2.45, 2.75) is 25.5 Å². The molecule has 0 amide bonds. The predicted molar refractivity (Wildman–Crippen MR) is 66.0 cm³/mol. The van der Waals surface area contributed by atoms with Crippen molar-refractivity contribution < 1.29 is 9.47 Å². The van der Waals surface area contributed by atoms with Gasteiger partial charge in [-0.1, -0.05) is 18.2 Å². The van der Waals surface area contributed by atoms with E-state index in [1.54, 1.807) is 14.2 Å². The van der Waals surface area contributed by atoms with E-state index < -0.39 is 0 Å². The molecule has 1 aromatic carbocycles. The number of ether oxygens (including phenoxy) is 2. The maximum absolute atomic E-state index is 5.35. The van der Waals surface area contributed by atoms with Crippen molar-refractivity contribution in [2.75, 3.05) is 21.3 Å². The number of rotatable bonds is 6. The first-order valence-corrected chi connectivity index (χ1v) is 5.54. The Balaban J connectivity index is 2.77. The molecule has 0 saturated carbocycles. The van der Waals surface area contributed by atoms with Crippen molar-refractivity contribution in [1.29, 1.82) is 0 Å². The number of likely N-dealkylation sites (N-methyl/N-ethyl adjacent to an activating group) is 1. The predicted octanol–water partition coefficient (Wildman–Crippen LogP) is 1.86. The lowest BCUT2D eigenvalue weighted by molar-refractivity contribution is 0.0855. The van der Waals surface area contributed by atoms with Gasteiger partial charge in [0.15, 0.2) is 0 Å². The first kappa shape index (κ1) is 13.0. The van der Waals surface area contributed by atoms with Crippen LogP contribution in [0.2, 0.25) is 0 Å². The average molecular weight is 223 g/mol. The fraction of sp³-hybridized carbons (Fsp3) is 0.538. The van der Waals surface area contributed by atoms with Crippen LogP contribution in [-0.2, 0) is 11.2 Å². The van der Waals surface area contributed by atoms with Gasteiger partial charge in [-0.3, -0.25) is 0 Å². The van der Waals surface area contributed by atoms with Crippen LogP contribution >= 0.6 is 0 Å². The van der Waals surface area contributed by atoms with Gasteiger partial charge < -0.3 is 14.8 Å². The second-order valence-corrected chi connectivity index (χ2v) is 3.85. The van der Waals surface area contributed by atoms with E-state index in [1.807, 2.05) is 25.2 Å². The van der Waals surface area contributed by atoms with Crippen LogP contribution in [-0.4, -0.2) is 33.4 Å². The molecule has 0 radical (unpaired) electrons. The molecule has 0 fully saturated rings. The fourth-order valence-electron chi connectivity index (χ4n) is 1.78. The highest BCUT2D eigenvalue weighted by atomic mass is 16.5. The lowest BCUT2D eigenvalue weighted by atomic mass is 10.0. The van der Waals surface area contributed by atoms with Gasteiger partial charge in [-0.2, -0.15) is 0 Å². The third-order valence-corrected chi connectivity index (χ3v) is 2.94. The van der Waals surface area contributed by atoms with Crippen LogP contribution in [0.5, 0.6) is 5.75 Å². The second-order valence-electron chi connectivity index (χ2n) is 3.85. The first-order chi connectivity index (χ1) is 7.72. The van der Waals surface area contributed by atoms with Gasteiger partial charge in [0.25, 0.3) is 0 Å². The number of hydrogen-bond donors (Lipinski definition) is 1. The molecule has 2 unspecified atom stereocenters. The van der Waals surface area contributed by atoms with Crippen molar-refractivity contribution >= 4 is 0 Å². The molecule has 0 spiro atoms. The Hall–Kier alpha value is -1.06. The Kier molecular flexibility index (Phi) is 5.29. The van der Waals surface area contributed by atoms with Crippen LogP contribution in [0.1, 0.15) is 12.5 Å². The van der Waals surface area contributed by atoms with Gasteiger partial charge in [0, 0.05) is 13.2 Å². The smallest absolute Gasteiger partial charge is 0.122 e. The Bertz CT molecular complexity index is 315. The van der Waals surface area contributed by atoms with E-state index in [4.69, 9.17) is 9.47 Å². The molecule has 0 aliphatic carbocycles. The summed E-state index contributed by atoms with van der Waals surface area (Å²) in [5.74, 6) is 0.936. The van der Waals surface area contributed by atoms with Crippen molar-refractivity contribution in [2.24, 2.45) is 0 Å². The monoisotopic (exact) mass is 223 g/mol. The van der Waals surface area contributed by atoms with Gasteiger partial charge in [-0.15, -0.1) is 0 Å². The van der Waals surface area contributed by atoms with E-state index in [1.165, 1.54) is 5.56 Å². The average Bonchev–Trinajstić information content (AvgIpc) is 2.35. The molecule has 16 heavy (non-hydrogen) atoms. The molecule has 0 aliphatic rings. The Labute approximate surface area is 97.8 Å². The number of nitrogens with one attached hydrogen (secondary N) is 1. The highest BCUT2D eigenvalue weighted by Gasteiger charge is 2.16. The maximum Gasteiger partial charge on any atom is 0.122 e. The summed E-state index contributed by atoms with van der Waals surface area (Å²) in [6.45, 7) is 2.07. The minimum Gasteiger partial charge on any atom is -0.496 e. The van der Waals surface area contributed by atoms with Gasteiger partial charge in [0.05, 0.1) is 13.2 Å². The highest BCUT2D eigenvalue weighted by Crippen LogP contribution is 2.20. The zero-order chi connectivity index (χ0) is 12.0. The van der Waals surface area contributed by atoms with E-state index >= 15 is 0 Å². The minimum absolute atomic E-state index is 0.176. The lowest BCUT2D eigenvalue weighted by Crippen LogP contribution is -2.38. The topological polar surface area (TPSA) is 30.5 Å². The van der Waals surface area contributed by atoms with Crippen LogP contribution < -0.4 is 10.1 Å². The molecule has 90 valence electrons. The second kappa shape index (κ2) is 6.51. The van der Waals surface area contributed by atoms with Crippen molar-refractivity contribution in [3.8, 4) is 5.75 Å². The largest absolute Gasteiger partial charge is 0.496 e. The van der Waals surface area contributed by atoms with Crippen LogP contribution in [0.25, 0.3) is 0 Å². The summed E-state index contributed by atoms with van der Waals surface area (Å²) in [5.41, 5.74) is 1.20. The molecular formula is C13H21NO2. The molecular weight excluding hydrogens is 202 g/mol. The number of para-hydroxylation sites is 1. The van der Waals surface area contributed by atoms with Gasteiger partial charge in [-0.05, 0) is 32.0 Å². The lowest BCUT2D eigenvalue weighted by Gasteiger charge is -2.23. The van der Waals surface area contributed by atoms with Crippen molar-refractivity contribution in [1.82, 2.24) is 5.32 Å². The van der Waals surface area contributed by atoms with Gasteiger partial charge in [0.2, 0.25) is 0 Å². The van der Waals surface area contributed by atoms with Gasteiger partial charge in [-0.25, -0.2) is 0 Å². The summed E-state index contributed by atoms with van der Waals surface area (Å²) in [4.78, 5) is 0. The Morgan fingerprint density at radius 3 is 2.50 bits per heavy atom. The van der Waals surface area contributed by atoms with Crippen molar-refractivity contribution in [3.63, 3.8) is 0 Å². The number of benzene rings is 1. The Morgan fingerprint density at radius 2 is 1.94 bits per heavy atom. The minimum atomic E-state index is 0.176. The molecule has 0 aromatic heterocycles. The molecule has 1 N–H and O–H groups in total. The normalized spacial score (nSPS) is 14.5. The van der Waals surface area contributed by atoms with Crippen LogP contribution in [0.15, 0.2) is 24.3 Å². The van der Waals surface area contributed by atoms with Crippen LogP contribution in [0.3, 0.4) is 0 Å². The van der Waals surface area contributed by atoms with E-state index in [0.29, 0.717) is 6.04 Å². The van der Waals surface area contributed by atoms with E-state index in [-0.39, 0.29) is 6.10 Å². The quantitative estimate of drug-likeness (QED) is 0.798. The molecule has 0 aliphatic heterocycles. The van der Waals surface area contributed by atoms with E-state index in [2.05, 4.69) is 18.3 Å². The van der Waals surface area contributed by atoms with Crippen LogP contribution in [0.4, 0.5) is 0 Å². The molecule has 2 atom stereocenters. The van der Waals surface area contributed by atoms with E-state index in [0.717, 1.165) is 12.2 Å². The van der Waals surface area contributed by atoms with Gasteiger partial charge >= 0.3 is 0 Å². The standard InChI is InChI=1S/C13H21NO2/c1-10(15-3)12(14-2)9-11-7-5-6-8-13(11)16-4/h5-8,10,12,14H,9H2,1-4H3. The zero-order valence-corrected chi connectivity index (χ0v) is 10.5. The molecule has 3 heteroatoms. The summed E-state index contributed by atoms with van der Waals surface area (Å²) in [6.07, 6.45) is 1.07. The molecule has 0 saturated heterocycles. The molecule has 1 aromatic rings. The number of hydrogen-bond acceptors (Lipinski definition) is 3. The number of methoxy groups -OCH3 is 2. The maximum atomic E-state index is 5.35. The summed E-state index contributed by atoms with van der Waals surface area (Å²) in [5, 5.41) is 3.27. The third-order valence-electron chi connectivity index (χ3n) is 2.94. The Morgan fingerprint density at radius 1 is 1.25 bits per heavy atom. The van der Waals surface area contributed by atoms with E-state index in [9.17, 15) is 0 Å². The molecule has 0 heterocycles. The third kappa shape index (κ3) is 3.22. The highest BCUT2D eigenvalue weighted by molar-refractivity contribution is 5.33. The molecule has 3 nitrogen and oxygen atoms in total. The molecule has 1 rings (SSSR count). The van der Waals surface area contributed by atoms with Gasteiger partial charge in [0.1, 0.15) is 5.75 Å². The van der Waals surface area contributed by atoms with Crippen molar-refractivity contribution in [3.05, 3.63) is 29.8 Å². The fourth-order valence-corrected chi connectivity index (χ4v) is 1.78. The summed E-state index contributed by atoms with van der Waals surface area (Å²) < 4.78 is 10.7. The zero-order valence-electron chi connectivity index (χ0n) is 10.5. The summed E-state index contributed by atoms with van der Waals surface area (Å²) in [7, 11) is 5.39. The van der Waals surface area contributed by atoms with Crippen LogP contribution in [0, 0.1) is 0 Å².